The first-order valence-corrected chi connectivity index (χ1v) is 10.5. The number of carbonyl (C=O) groups is 1. The van der Waals surface area contributed by atoms with Gasteiger partial charge in [-0.15, -0.1) is 11.3 Å². The molecule has 1 amide bonds. The fourth-order valence-corrected chi connectivity index (χ4v) is 4.28. The molecule has 5 nitrogen and oxygen atoms in total. The van der Waals surface area contributed by atoms with Gasteiger partial charge in [0.25, 0.3) is 5.91 Å². The van der Waals surface area contributed by atoms with Crippen molar-refractivity contribution in [3.05, 3.63) is 82.2 Å². The molecular weight excluding hydrogens is 389 g/mol. The van der Waals surface area contributed by atoms with Gasteiger partial charge < -0.3 is 4.42 Å². The van der Waals surface area contributed by atoms with Gasteiger partial charge in [-0.2, -0.15) is 5.10 Å². The highest BCUT2D eigenvalue weighted by Crippen LogP contribution is 2.35. The Balaban J connectivity index is 1.52. The predicted octanol–water partition coefficient (Wildman–Crippen LogP) is 4.68. The summed E-state index contributed by atoms with van der Waals surface area (Å²) in [5, 5.41) is 8.19. The quantitative estimate of drug-likeness (QED) is 0.567. The van der Waals surface area contributed by atoms with Crippen LogP contribution in [0.3, 0.4) is 0 Å². The molecule has 0 aliphatic carbocycles. The van der Waals surface area contributed by atoms with E-state index < -0.39 is 0 Å². The molecule has 3 aromatic rings. The Bertz CT molecular complexity index is 985. The Hall–Kier alpha value is -2.77. The molecule has 0 saturated heterocycles. The van der Waals surface area contributed by atoms with E-state index in [4.69, 9.17) is 4.42 Å². The fraction of sp³-hybridized carbons (Fsp3) is 0.273. The second-order valence-corrected chi connectivity index (χ2v) is 7.91. The number of hydrogen-bond acceptors (Lipinski definition) is 5. The Morgan fingerprint density at radius 3 is 2.90 bits per heavy atom. The molecule has 1 unspecified atom stereocenters. The fourth-order valence-electron chi connectivity index (χ4n) is 3.47. The number of hydrogen-bond donors (Lipinski definition) is 0. The third kappa shape index (κ3) is 4.46. The van der Waals surface area contributed by atoms with Crippen LogP contribution in [-0.2, 0) is 11.3 Å². The monoisotopic (exact) mass is 411 g/mol. The molecule has 29 heavy (non-hydrogen) atoms. The molecule has 1 aliphatic rings. The maximum atomic E-state index is 13.5. The van der Waals surface area contributed by atoms with Gasteiger partial charge in [-0.1, -0.05) is 25.1 Å². The molecule has 0 N–H and O–H groups in total. The van der Waals surface area contributed by atoms with Gasteiger partial charge in [-0.05, 0) is 47.8 Å². The Kier molecular flexibility index (Phi) is 5.87. The first kappa shape index (κ1) is 19.5. The van der Waals surface area contributed by atoms with Crippen molar-refractivity contribution in [2.75, 3.05) is 13.1 Å². The third-order valence-corrected chi connectivity index (χ3v) is 5.92. The van der Waals surface area contributed by atoms with Crippen molar-refractivity contribution in [1.29, 1.82) is 0 Å². The van der Waals surface area contributed by atoms with Crippen molar-refractivity contribution in [2.45, 2.75) is 25.9 Å². The van der Waals surface area contributed by atoms with Gasteiger partial charge in [-0.3, -0.25) is 9.69 Å². The van der Waals surface area contributed by atoms with E-state index in [2.05, 4.69) is 5.10 Å². The average Bonchev–Trinajstić information content (AvgIpc) is 3.48. The number of likely N-dealkylation sites (N-methyl/N-ethyl adjacent to an activating group) is 1. The van der Waals surface area contributed by atoms with Crippen molar-refractivity contribution >= 4 is 23.0 Å². The minimum absolute atomic E-state index is 0.0804. The van der Waals surface area contributed by atoms with Crippen LogP contribution in [0.15, 0.2) is 69.7 Å². The maximum absolute atomic E-state index is 13.5. The van der Waals surface area contributed by atoms with E-state index in [0.29, 0.717) is 25.3 Å². The zero-order valence-electron chi connectivity index (χ0n) is 16.1. The SMILES string of the molecule is CCN(CC(=O)N1N=C(c2ccco2)CC1c1cccs1)Cc1cccc(F)c1. The highest BCUT2D eigenvalue weighted by Gasteiger charge is 2.35. The van der Waals surface area contributed by atoms with Crippen molar-refractivity contribution in [3.8, 4) is 0 Å². The van der Waals surface area contributed by atoms with Crippen LogP contribution in [0.5, 0.6) is 0 Å². The first-order valence-electron chi connectivity index (χ1n) is 9.57. The zero-order chi connectivity index (χ0) is 20.2. The van der Waals surface area contributed by atoms with Crippen molar-refractivity contribution in [2.24, 2.45) is 5.10 Å². The van der Waals surface area contributed by atoms with Crippen molar-refractivity contribution in [3.63, 3.8) is 0 Å². The molecular formula is C22H22FN3O2S. The molecule has 3 heterocycles. The van der Waals surface area contributed by atoms with Crippen LogP contribution in [0.2, 0.25) is 0 Å². The number of thiophene rings is 1. The van der Waals surface area contributed by atoms with Gasteiger partial charge in [0.1, 0.15) is 17.3 Å². The number of amides is 1. The van der Waals surface area contributed by atoms with Gasteiger partial charge in [0.15, 0.2) is 0 Å². The van der Waals surface area contributed by atoms with E-state index >= 15 is 0 Å². The summed E-state index contributed by atoms with van der Waals surface area (Å²) in [4.78, 5) is 16.3. The van der Waals surface area contributed by atoms with Gasteiger partial charge in [0, 0.05) is 17.8 Å². The van der Waals surface area contributed by atoms with Crippen LogP contribution < -0.4 is 0 Å². The molecule has 0 saturated carbocycles. The average molecular weight is 412 g/mol. The second kappa shape index (κ2) is 8.71. The van der Waals surface area contributed by atoms with Gasteiger partial charge in [0.05, 0.1) is 18.8 Å². The lowest BCUT2D eigenvalue weighted by Crippen LogP contribution is -2.37. The molecule has 0 fully saturated rings. The maximum Gasteiger partial charge on any atom is 0.257 e. The number of carbonyl (C=O) groups excluding carboxylic acids is 1. The second-order valence-electron chi connectivity index (χ2n) is 6.93. The minimum Gasteiger partial charge on any atom is -0.463 e. The molecule has 0 bridgehead atoms. The summed E-state index contributed by atoms with van der Waals surface area (Å²) in [5.74, 6) is 0.340. The predicted molar refractivity (Wildman–Crippen MR) is 111 cm³/mol. The molecule has 2 aromatic heterocycles. The number of hydrazone groups is 1. The first-order chi connectivity index (χ1) is 14.1. The lowest BCUT2D eigenvalue weighted by molar-refractivity contribution is -0.134. The Morgan fingerprint density at radius 1 is 1.31 bits per heavy atom. The normalized spacial score (nSPS) is 16.4. The van der Waals surface area contributed by atoms with Crippen molar-refractivity contribution < 1.29 is 13.6 Å². The van der Waals surface area contributed by atoms with Gasteiger partial charge in [0.2, 0.25) is 0 Å². The van der Waals surface area contributed by atoms with Crippen LogP contribution in [0.25, 0.3) is 0 Å². The molecule has 1 aromatic carbocycles. The smallest absolute Gasteiger partial charge is 0.257 e. The van der Waals surface area contributed by atoms with E-state index in [0.717, 1.165) is 16.2 Å². The standard InChI is InChI=1S/C22H22FN3O2S/c1-2-25(14-16-6-3-7-17(23)12-16)15-22(27)26-19(21-9-5-11-29-21)13-18(24-26)20-8-4-10-28-20/h3-12,19H,2,13-15H2,1H3. The number of furan rings is 1. The lowest BCUT2D eigenvalue weighted by Gasteiger charge is -2.25. The van der Waals surface area contributed by atoms with Crippen LogP contribution in [0, 0.1) is 5.82 Å². The number of nitrogens with zero attached hydrogens (tertiary/aromatic N) is 3. The van der Waals surface area contributed by atoms with Crippen LogP contribution in [-0.4, -0.2) is 34.6 Å². The summed E-state index contributed by atoms with van der Waals surface area (Å²) >= 11 is 1.62. The van der Waals surface area contributed by atoms with E-state index in [9.17, 15) is 9.18 Å². The van der Waals surface area contributed by atoms with Gasteiger partial charge in [-0.25, -0.2) is 9.40 Å². The molecule has 4 rings (SSSR count). The highest BCUT2D eigenvalue weighted by atomic mass is 32.1. The van der Waals surface area contributed by atoms with E-state index in [1.165, 1.54) is 12.1 Å². The summed E-state index contributed by atoms with van der Waals surface area (Å²) in [6.07, 6.45) is 2.23. The van der Waals surface area contributed by atoms with E-state index in [1.807, 2.05) is 47.5 Å². The molecule has 0 radical (unpaired) electrons. The Labute approximate surface area is 173 Å². The van der Waals surface area contributed by atoms with Crippen LogP contribution >= 0.6 is 11.3 Å². The minimum atomic E-state index is -0.269. The highest BCUT2D eigenvalue weighted by molar-refractivity contribution is 7.10. The molecule has 7 heteroatoms. The summed E-state index contributed by atoms with van der Waals surface area (Å²) in [7, 11) is 0. The summed E-state index contributed by atoms with van der Waals surface area (Å²) in [6, 6.07) is 14.0. The van der Waals surface area contributed by atoms with Crippen LogP contribution in [0.1, 0.15) is 35.6 Å². The number of halogens is 1. The Morgan fingerprint density at radius 2 is 2.21 bits per heavy atom. The lowest BCUT2D eigenvalue weighted by atomic mass is 10.1. The van der Waals surface area contributed by atoms with Crippen LogP contribution in [0.4, 0.5) is 4.39 Å². The summed E-state index contributed by atoms with van der Waals surface area (Å²) < 4.78 is 19.0. The number of rotatable bonds is 7. The number of benzene rings is 1. The molecule has 1 atom stereocenters. The topological polar surface area (TPSA) is 49.1 Å². The molecule has 1 aliphatic heterocycles. The zero-order valence-corrected chi connectivity index (χ0v) is 16.9. The molecule has 0 spiro atoms. The van der Waals surface area contributed by atoms with E-state index in [-0.39, 0.29) is 24.3 Å². The molecule has 150 valence electrons. The van der Waals surface area contributed by atoms with E-state index in [1.54, 1.807) is 28.7 Å². The van der Waals surface area contributed by atoms with Gasteiger partial charge >= 0.3 is 0 Å². The summed E-state index contributed by atoms with van der Waals surface area (Å²) in [5.41, 5.74) is 1.62. The summed E-state index contributed by atoms with van der Waals surface area (Å²) in [6.45, 7) is 3.38. The third-order valence-electron chi connectivity index (χ3n) is 4.94. The van der Waals surface area contributed by atoms with Crippen molar-refractivity contribution in [1.82, 2.24) is 9.91 Å². The largest absolute Gasteiger partial charge is 0.463 e.